The van der Waals surface area contributed by atoms with Crippen molar-refractivity contribution in [1.82, 2.24) is 14.7 Å². The molecule has 0 spiro atoms. The molecular weight excluding hydrogens is 234 g/mol. The summed E-state index contributed by atoms with van der Waals surface area (Å²) in [5.74, 6) is 0.333. The van der Waals surface area contributed by atoms with Crippen LogP contribution in [0.4, 0.5) is 11.6 Å². The molecule has 0 bridgehead atoms. The van der Waals surface area contributed by atoms with E-state index in [1.165, 1.54) is 7.11 Å². The van der Waals surface area contributed by atoms with E-state index < -0.39 is 5.97 Å². The second kappa shape index (κ2) is 6.25. The van der Waals surface area contributed by atoms with Gasteiger partial charge in [-0.3, -0.25) is 0 Å². The van der Waals surface area contributed by atoms with Gasteiger partial charge in [0, 0.05) is 13.1 Å². The van der Waals surface area contributed by atoms with Crippen molar-refractivity contribution < 1.29 is 9.53 Å². The molecule has 7 nitrogen and oxygen atoms in total. The molecule has 7 heteroatoms. The first-order valence-electron chi connectivity index (χ1n) is 5.84. The number of esters is 1. The summed E-state index contributed by atoms with van der Waals surface area (Å²) < 4.78 is 6.34. The average Bonchev–Trinajstić information content (AvgIpc) is 2.63. The van der Waals surface area contributed by atoms with Crippen molar-refractivity contribution in [2.45, 2.75) is 13.5 Å². The Bertz CT molecular complexity index is 414. The van der Waals surface area contributed by atoms with E-state index >= 15 is 0 Å². The summed E-state index contributed by atoms with van der Waals surface area (Å²) in [7, 11) is 5.26. The summed E-state index contributed by atoms with van der Waals surface area (Å²) in [5, 5.41) is 7.31. The third-order valence-corrected chi connectivity index (χ3v) is 2.48. The molecule has 0 amide bonds. The molecule has 0 radical (unpaired) electrons. The van der Waals surface area contributed by atoms with Gasteiger partial charge in [0.05, 0.1) is 13.7 Å². The van der Waals surface area contributed by atoms with E-state index in [9.17, 15) is 4.79 Å². The molecule has 0 atom stereocenters. The van der Waals surface area contributed by atoms with E-state index in [4.69, 9.17) is 10.5 Å². The lowest BCUT2D eigenvalue weighted by molar-refractivity contribution is 0.0603. The third kappa shape index (κ3) is 3.13. The number of nitrogen functional groups attached to an aromatic ring is 1. The van der Waals surface area contributed by atoms with Gasteiger partial charge in [0.2, 0.25) is 0 Å². The lowest BCUT2D eigenvalue weighted by Crippen LogP contribution is -2.20. The van der Waals surface area contributed by atoms with Gasteiger partial charge >= 0.3 is 5.97 Å². The maximum Gasteiger partial charge on any atom is 0.345 e. The van der Waals surface area contributed by atoms with Crippen molar-refractivity contribution in [2.24, 2.45) is 0 Å². The van der Waals surface area contributed by atoms with Crippen LogP contribution in [0.15, 0.2) is 0 Å². The molecule has 0 aliphatic rings. The highest BCUT2D eigenvalue weighted by Gasteiger charge is 2.22. The van der Waals surface area contributed by atoms with Crippen molar-refractivity contribution in [3.8, 4) is 0 Å². The third-order valence-electron chi connectivity index (χ3n) is 2.48. The van der Waals surface area contributed by atoms with Crippen molar-refractivity contribution in [3.63, 3.8) is 0 Å². The van der Waals surface area contributed by atoms with Crippen LogP contribution in [-0.2, 0) is 11.3 Å². The summed E-state index contributed by atoms with van der Waals surface area (Å²) in [6.07, 6.45) is 0. The first kappa shape index (κ1) is 14.3. The molecule has 0 aliphatic heterocycles. The van der Waals surface area contributed by atoms with Crippen LogP contribution in [0.1, 0.15) is 17.3 Å². The number of rotatable bonds is 6. The number of carbonyl (C=O) groups excluding carboxylic acids is 1. The van der Waals surface area contributed by atoms with E-state index in [2.05, 4.69) is 10.4 Å². The van der Waals surface area contributed by atoms with Crippen molar-refractivity contribution in [3.05, 3.63) is 5.56 Å². The Balaban J connectivity index is 3.03. The van der Waals surface area contributed by atoms with Crippen LogP contribution in [0, 0.1) is 0 Å². The highest BCUT2D eigenvalue weighted by Crippen LogP contribution is 2.22. The zero-order valence-corrected chi connectivity index (χ0v) is 11.4. The van der Waals surface area contributed by atoms with Crippen molar-refractivity contribution in [2.75, 3.05) is 45.3 Å². The predicted molar refractivity (Wildman–Crippen MR) is 70.7 cm³/mol. The lowest BCUT2D eigenvalue weighted by Gasteiger charge is -2.10. The van der Waals surface area contributed by atoms with Crippen LogP contribution in [0.5, 0.6) is 0 Å². The minimum absolute atomic E-state index is 0.304. The number of nitrogens with two attached hydrogens (primary N) is 1. The van der Waals surface area contributed by atoms with Gasteiger partial charge < -0.3 is 20.7 Å². The number of likely N-dealkylation sites (N-methyl/N-ethyl adjacent to an activating group) is 1. The second-order valence-corrected chi connectivity index (χ2v) is 4.16. The monoisotopic (exact) mass is 255 g/mol. The Morgan fingerprint density at radius 2 is 2.22 bits per heavy atom. The molecule has 1 heterocycles. The number of anilines is 2. The summed E-state index contributed by atoms with van der Waals surface area (Å²) in [6, 6.07) is 0. The van der Waals surface area contributed by atoms with Gasteiger partial charge in [-0.15, -0.1) is 0 Å². The van der Waals surface area contributed by atoms with Crippen LogP contribution in [-0.4, -0.2) is 54.9 Å². The average molecular weight is 255 g/mol. The number of carbonyl (C=O) groups is 1. The van der Waals surface area contributed by atoms with E-state index in [-0.39, 0.29) is 0 Å². The molecule has 0 aliphatic carbocycles. The topological polar surface area (TPSA) is 85.4 Å². The molecule has 0 unspecified atom stereocenters. The standard InChI is InChI=1S/C11H21N5O2/c1-5-13-10-8(11(17)18-4)9(12)16(14-10)7-6-15(2)3/h5-7,12H2,1-4H3,(H,13,14). The number of methoxy groups -OCH3 is 1. The van der Waals surface area contributed by atoms with Gasteiger partial charge in [-0.1, -0.05) is 0 Å². The Hall–Kier alpha value is -1.76. The fourth-order valence-electron chi connectivity index (χ4n) is 1.53. The molecule has 18 heavy (non-hydrogen) atoms. The summed E-state index contributed by atoms with van der Waals surface area (Å²) >= 11 is 0. The molecule has 3 N–H and O–H groups in total. The second-order valence-electron chi connectivity index (χ2n) is 4.16. The molecule has 1 aromatic rings. The highest BCUT2D eigenvalue weighted by molar-refractivity contribution is 5.99. The highest BCUT2D eigenvalue weighted by atomic mass is 16.5. The van der Waals surface area contributed by atoms with Crippen LogP contribution < -0.4 is 11.1 Å². The summed E-state index contributed by atoms with van der Waals surface area (Å²) in [4.78, 5) is 13.7. The number of nitrogens with zero attached hydrogens (tertiary/aromatic N) is 3. The minimum atomic E-state index is -0.473. The fraction of sp³-hybridized carbons (Fsp3) is 0.636. The minimum Gasteiger partial charge on any atom is -0.465 e. The molecule has 0 aromatic carbocycles. The van der Waals surface area contributed by atoms with Crippen molar-refractivity contribution >= 4 is 17.6 Å². The van der Waals surface area contributed by atoms with E-state index in [1.807, 2.05) is 25.9 Å². The fourth-order valence-corrected chi connectivity index (χ4v) is 1.53. The smallest absolute Gasteiger partial charge is 0.345 e. The SMILES string of the molecule is CCNc1nn(CCN(C)C)c(N)c1C(=O)OC. The first-order valence-corrected chi connectivity index (χ1v) is 5.84. The quantitative estimate of drug-likeness (QED) is 0.709. The zero-order valence-electron chi connectivity index (χ0n) is 11.4. The summed E-state index contributed by atoms with van der Waals surface area (Å²) in [5.41, 5.74) is 6.24. The predicted octanol–water partition coefficient (Wildman–Crippen LogP) is 0.245. The number of hydrogen-bond donors (Lipinski definition) is 2. The van der Waals surface area contributed by atoms with Crippen LogP contribution >= 0.6 is 0 Å². The zero-order chi connectivity index (χ0) is 13.7. The number of aromatic nitrogens is 2. The van der Waals surface area contributed by atoms with E-state index in [0.29, 0.717) is 30.3 Å². The van der Waals surface area contributed by atoms with Gasteiger partial charge in [-0.05, 0) is 21.0 Å². The van der Waals surface area contributed by atoms with Gasteiger partial charge in [-0.25, -0.2) is 9.48 Å². The number of nitrogens with one attached hydrogen (secondary N) is 1. The molecule has 0 saturated carbocycles. The molecule has 0 saturated heterocycles. The normalized spacial score (nSPS) is 10.7. The van der Waals surface area contributed by atoms with Gasteiger partial charge in [-0.2, -0.15) is 5.10 Å². The van der Waals surface area contributed by atoms with Crippen LogP contribution in [0.25, 0.3) is 0 Å². The van der Waals surface area contributed by atoms with E-state index in [0.717, 1.165) is 6.54 Å². The largest absolute Gasteiger partial charge is 0.465 e. The molecular formula is C11H21N5O2. The Kier molecular flexibility index (Phi) is 4.96. The molecule has 1 rings (SSSR count). The van der Waals surface area contributed by atoms with E-state index in [1.54, 1.807) is 4.68 Å². The first-order chi connectivity index (χ1) is 8.51. The van der Waals surface area contributed by atoms with Crippen LogP contribution in [0.2, 0.25) is 0 Å². The molecule has 0 fully saturated rings. The van der Waals surface area contributed by atoms with Crippen molar-refractivity contribution in [1.29, 1.82) is 0 Å². The molecule has 102 valence electrons. The number of ether oxygens (including phenoxy) is 1. The Labute approximate surface area is 107 Å². The number of hydrogen-bond acceptors (Lipinski definition) is 6. The summed E-state index contributed by atoms with van der Waals surface area (Å²) in [6.45, 7) is 4.00. The maximum atomic E-state index is 11.7. The van der Waals surface area contributed by atoms with Crippen LogP contribution in [0.3, 0.4) is 0 Å². The Morgan fingerprint density at radius 3 is 2.72 bits per heavy atom. The van der Waals surface area contributed by atoms with Gasteiger partial charge in [0.15, 0.2) is 5.82 Å². The maximum absolute atomic E-state index is 11.7. The van der Waals surface area contributed by atoms with Gasteiger partial charge in [0.1, 0.15) is 11.4 Å². The lowest BCUT2D eigenvalue weighted by atomic mass is 10.3. The van der Waals surface area contributed by atoms with Gasteiger partial charge in [0.25, 0.3) is 0 Å². The Morgan fingerprint density at radius 1 is 1.56 bits per heavy atom. The molecule has 1 aromatic heterocycles.